The van der Waals surface area contributed by atoms with Crippen molar-refractivity contribution in [3.05, 3.63) is 83.2 Å². The molecule has 0 saturated carbocycles. The minimum Gasteiger partial charge on any atom is -0.494 e. The maximum Gasteiger partial charge on any atom is 0.198 e. The number of fused-ring (bicyclic) bond motifs is 1. The van der Waals surface area contributed by atoms with E-state index >= 15 is 0 Å². The lowest BCUT2D eigenvalue weighted by Crippen LogP contribution is -2.20. The average molecular weight is 411 g/mol. The summed E-state index contributed by atoms with van der Waals surface area (Å²) in [4.78, 5) is 14.7. The Labute approximate surface area is 182 Å². The molecule has 1 saturated heterocycles. The molecule has 1 aliphatic heterocycles. The van der Waals surface area contributed by atoms with Crippen LogP contribution in [0.25, 0.3) is 10.9 Å². The Morgan fingerprint density at radius 2 is 2.00 bits per heavy atom. The number of hydrogen-bond donors (Lipinski definition) is 2. The standard InChI is InChI=1S/C26H26N4O/c1-17-6-5-8-23-25(17)21(26(31)29-23)15-28-20-9-10-24(18(2)14-20)30-13-11-19(16-30)22-7-3-4-12-27-22/h3-10,12,14-15,19,29,31H,11,13,16H2,1-2H3. The number of aromatic hydroxyl groups is 1. The Hall–Kier alpha value is -3.60. The molecule has 1 aliphatic rings. The van der Waals surface area contributed by atoms with Gasteiger partial charge in [-0.3, -0.25) is 9.98 Å². The number of aromatic amines is 1. The molecule has 31 heavy (non-hydrogen) atoms. The molecule has 3 heterocycles. The van der Waals surface area contributed by atoms with Crippen molar-refractivity contribution in [1.29, 1.82) is 0 Å². The Morgan fingerprint density at radius 1 is 1.10 bits per heavy atom. The van der Waals surface area contributed by atoms with Crippen molar-refractivity contribution in [2.45, 2.75) is 26.2 Å². The summed E-state index contributed by atoms with van der Waals surface area (Å²) in [5, 5.41) is 11.3. The molecular weight excluding hydrogens is 384 g/mol. The maximum absolute atomic E-state index is 10.3. The first-order valence-electron chi connectivity index (χ1n) is 10.7. The predicted molar refractivity (Wildman–Crippen MR) is 127 cm³/mol. The molecule has 0 radical (unpaired) electrons. The molecule has 2 N–H and O–H groups in total. The summed E-state index contributed by atoms with van der Waals surface area (Å²) < 4.78 is 0. The summed E-state index contributed by atoms with van der Waals surface area (Å²) in [5.74, 6) is 0.630. The molecule has 1 fully saturated rings. The van der Waals surface area contributed by atoms with Gasteiger partial charge in [-0.15, -0.1) is 0 Å². The van der Waals surface area contributed by atoms with Crippen LogP contribution in [0.15, 0.2) is 65.8 Å². The van der Waals surface area contributed by atoms with Crippen molar-refractivity contribution in [3.63, 3.8) is 0 Å². The van der Waals surface area contributed by atoms with Gasteiger partial charge in [0.25, 0.3) is 0 Å². The Kier molecular flexibility index (Phi) is 4.94. The van der Waals surface area contributed by atoms with Gasteiger partial charge in [0.1, 0.15) is 0 Å². The Bertz CT molecular complexity index is 1260. The van der Waals surface area contributed by atoms with Crippen LogP contribution in [0.2, 0.25) is 0 Å². The molecule has 0 aliphatic carbocycles. The molecule has 4 aromatic rings. The summed E-state index contributed by atoms with van der Waals surface area (Å²) in [7, 11) is 0. The highest BCUT2D eigenvalue weighted by molar-refractivity contribution is 6.04. The van der Waals surface area contributed by atoms with Crippen LogP contribution in [-0.4, -0.2) is 34.4 Å². The molecule has 1 atom stereocenters. The highest BCUT2D eigenvalue weighted by Crippen LogP contribution is 2.33. The molecule has 2 aromatic heterocycles. The maximum atomic E-state index is 10.3. The quantitative estimate of drug-likeness (QED) is 0.429. The Balaban J connectivity index is 1.37. The topological polar surface area (TPSA) is 64.5 Å². The molecule has 0 spiro atoms. The minimum absolute atomic E-state index is 0.152. The predicted octanol–water partition coefficient (Wildman–Crippen LogP) is 5.63. The lowest BCUT2D eigenvalue weighted by Gasteiger charge is -2.21. The van der Waals surface area contributed by atoms with E-state index in [2.05, 4.69) is 51.0 Å². The number of benzene rings is 2. The number of H-pyrrole nitrogens is 1. The van der Waals surface area contributed by atoms with Crippen molar-refractivity contribution in [2.75, 3.05) is 18.0 Å². The average Bonchev–Trinajstić information content (AvgIpc) is 3.38. The van der Waals surface area contributed by atoms with Gasteiger partial charge < -0.3 is 15.0 Å². The molecule has 5 heteroatoms. The van der Waals surface area contributed by atoms with E-state index in [0.717, 1.165) is 47.2 Å². The van der Waals surface area contributed by atoms with Gasteiger partial charge in [0.05, 0.1) is 11.3 Å². The van der Waals surface area contributed by atoms with Gasteiger partial charge >= 0.3 is 0 Å². The first kappa shape index (κ1) is 19.4. The van der Waals surface area contributed by atoms with Crippen LogP contribution in [0.4, 0.5) is 11.4 Å². The molecular formula is C26H26N4O. The summed E-state index contributed by atoms with van der Waals surface area (Å²) >= 11 is 0. The van der Waals surface area contributed by atoms with Crippen molar-refractivity contribution >= 4 is 28.5 Å². The fourth-order valence-corrected chi connectivity index (χ4v) is 4.62. The second-order valence-corrected chi connectivity index (χ2v) is 8.30. The number of anilines is 1. The zero-order valence-electron chi connectivity index (χ0n) is 17.8. The normalized spacial score (nSPS) is 16.6. The number of aryl methyl sites for hydroxylation is 2. The van der Waals surface area contributed by atoms with Crippen molar-refractivity contribution in [1.82, 2.24) is 9.97 Å². The third-order valence-corrected chi connectivity index (χ3v) is 6.21. The van der Waals surface area contributed by atoms with Crippen molar-refractivity contribution in [2.24, 2.45) is 4.99 Å². The van der Waals surface area contributed by atoms with E-state index in [0.29, 0.717) is 5.92 Å². The van der Waals surface area contributed by atoms with Gasteiger partial charge in [-0.05, 0) is 67.8 Å². The van der Waals surface area contributed by atoms with Crippen LogP contribution in [0, 0.1) is 13.8 Å². The van der Waals surface area contributed by atoms with Gasteiger partial charge in [-0.2, -0.15) is 0 Å². The van der Waals surface area contributed by atoms with Crippen molar-refractivity contribution in [3.8, 4) is 5.88 Å². The second kappa shape index (κ2) is 7.91. The van der Waals surface area contributed by atoms with Crippen LogP contribution < -0.4 is 4.90 Å². The third kappa shape index (κ3) is 3.67. The summed E-state index contributed by atoms with van der Waals surface area (Å²) in [6, 6.07) is 18.5. The van der Waals surface area contributed by atoms with Crippen LogP contribution in [-0.2, 0) is 0 Å². The smallest absolute Gasteiger partial charge is 0.198 e. The first-order chi connectivity index (χ1) is 15.1. The van der Waals surface area contributed by atoms with E-state index in [1.807, 2.05) is 43.5 Å². The van der Waals surface area contributed by atoms with E-state index in [-0.39, 0.29) is 5.88 Å². The zero-order valence-corrected chi connectivity index (χ0v) is 17.8. The number of nitrogens with zero attached hydrogens (tertiary/aromatic N) is 3. The number of aliphatic imine (C=N–C) groups is 1. The fraction of sp³-hybridized carbons (Fsp3) is 0.231. The molecule has 1 unspecified atom stereocenters. The second-order valence-electron chi connectivity index (χ2n) is 8.30. The van der Waals surface area contributed by atoms with Crippen LogP contribution in [0.1, 0.15) is 34.7 Å². The third-order valence-electron chi connectivity index (χ3n) is 6.21. The SMILES string of the molecule is Cc1cc(N=Cc2c(O)[nH]c3cccc(C)c23)ccc1N1CCC(c2ccccn2)C1. The minimum atomic E-state index is 0.152. The number of pyridine rings is 1. The highest BCUT2D eigenvalue weighted by Gasteiger charge is 2.25. The van der Waals surface area contributed by atoms with E-state index in [4.69, 9.17) is 0 Å². The molecule has 0 amide bonds. The molecule has 156 valence electrons. The van der Waals surface area contributed by atoms with Gasteiger partial charge in [0, 0.05) is 53.7 Å². The highest BCUT2D eigenvalue weighted by atomic mass is 16.3. The number of nitrogens with one attached hydrogen (secondary N) is 1. The largest absolute Gasteiger partial charge is 0.494 e. The number of hydrogen-bond acceptors (Lipinski definition) is 4. The van der Waals surface area contributed by atoms with Gasteiger partial charge in [0.15, 0.2) is 5.88 Å². The first-order valence-corrected chi connectivity index (χ1v) is 10.7. The fourth-order valence-electron chi connectivity index (χ4n) is 4.62. The lowest BCUT2D eigenvalue weighted by atomic mass is 10.0. The Morgan fingerprint density at radius 3 is 2.81 bits per heavy atom. The molecule has 5 nitrogen and oxygen atoms in total. The van der Waals surface area contributed by atoms with Crippen molar-refractivity contribution < 1.29 is 5.11 Å². The van der Waals surface area contributed by atoms with Crippen LogP contribution >= 0.6 is 0 Å². The summed E-state index contributed by atoms with van der Waals surface area (Å²) in [6.07, 6.45) is 4.75. The summed E-state index contributed by atoms with van der Waals surface area (Å²) in [6.45, 7) is 6.20. The van der Waals surface area contributed by atoms with E-state index in [9.17, 15) is 5.11 Å². The van der Waals surface area contributed by atoms with Crippen LogP contribution in [0.5, 0.6) is 5.88 Å². The zero-order chi connectivity index (χ0) is 21.4. The molecule has 2 aromatic carbocycles. The van der Waals surface area contributed by atoms with E-state index < -0.39 is 0 Å². The molecule has 0 bridgehead atoms. The van der Waals surface area contributed by atoms with Gasteiger partial charge in [-0.25, -0.2) is 0 Å². The number of aromatic nitrogens is 2. The van der Waals surface area contributed by atoms with Gasteiger partial charge in [0.2, 0.25) is 0 Å². The van der Waals surface area contributed by atoms with E-state index in [1.54, 1.807) is 6.21 Å². The monoisotopic (exact) mass is 410 g/mol. The van der Waals surface area contributed by atoms with Crippen LogP contribution in [0.3, 0.4) is 0 Å². The summed E-state index contributed by atoms with van der Waals surface area (Å²) in [5.41, 5.74) is 7.27. The molecule has 5 rings (SSSR count). The number of rotatable bonds is 4. The lowest BCUT2D eigenvalue weighted by molar-refractivity contribution is 0.457. The van der Waals surface area contributed by atoms with Gasteiger partial charge in [-0.1, -0.05) is 18.2 Å². The van der Waals surface area contributed by atoms with E-state index in [1.165, 1.54) is 16.9 Å².